The Morgan fingerprint density at radius 2 is 1.82 bits per heavy atom. The first-order valence-electron chi connectivity index (χ1n) is 7.13. The molecule has 0 aliphatic rings. The maximum atomic E-state index is 6.12. The third kappa shape index (κ3) is 2.40. The van der Waals surface area contributed by atoms with Gasteiger partial charge in [0.2, 0.25) is 0 Å². The van der Waals surface area contributed by atoms with E-state index < -0.39 is 0 Å². The lowest BCUT2D eigenvalue weighted by molar-refractivity contribution is 1.11. The van der Waals surface area contributed by atoms with Crippen LogP contribution in [0.25, 0.3) is 21.8 Å². The average molecular weight is 308 g/mol. The predicted molar refractivity (Wildman–Crippen MR) is 92.4 cm³/mol. The molecule has 0 saturated heterocycles. The quantitative estimate of drug-likeness (QED) is 0.560. The zero-order chi connectivity index (χ0) is 14.9. The summed E-state index contributed by atoms with van der Waals surface area (Å²) in [6, 6.07) is 16.2. The lowest BCUT2D eigenvalue weighted by atomic mass is 10.1. The van der Waals surface area contributed by atoms with Crippen LogP contribution in [0.15, 0.2) is 60.9 Å². The molecular formula is C18H14ClN3. The summed E-state index contributed by atoms with van der Waals surface area (Å²) in [5, 5.41) is 6.51. The van der Waals surface area contributed by atoms with Gasteiger partial charge in [0, 0.05) is 51.5 Å². The van der Waals surface area contributed by atoms with Gasteiger partial charge in [-0.2, -0.15) is 0 Å². The Bertz CT molecular complexity index is 945. The van der Waals surface area contributed by atoms with Crippen molar-refractivity contribution in [3.05, 3.63) is 71.5 Å². The van der Waals surface area contributed by atoms with Crippen LogP contribution in [0.1, 0.15) is 5.56 Å². The van der Waals surface area contributed by atoms with Gasteiger partial charge in [0.05, 0.1) is 0 Å². The molecule has 2 N–H and O–H groups in total. The van der Waals surface area contributed by atoms with Crippen LogP contribution < -0.4 is 5.32 Å². The van der Waals surface area contributed by atoms with E-state index in [0.29, 0.717) is 0 Å². The molecule has 2 heterocycles. The van der Waals surface area contributed by atoms with E-state index in [1.54, 1.807) is 6.20 Å². The van der Waals surface area contributed by atoms with Gasteiger partial charge in [-0.05, 0) is 48.0 Å². The maximum Gasteiger partial charge on any atom is 0.0466 e. The number of fused-ring (bicyclic) bond motifs is 3. The summed E-state index contributed by atoms with van der Waals surface area (Å²) in [6.45, 7) is 0.752. The molecule has 108 valence electrons. The normalized spacial score (nSPS) is 11.1. The van der Waals surface area contributed by atoms with Crippen molar-refractivity contribution in [3.8, 4) is 0 Å². The van der Waals surface area contributed by atoms with Crippen LogP contribution in [0.4, 0.5) is 5.69 Å². The predicted octanol–water partition coefficient (Wildman–Crippen LogP) is 4.98. The standard InChI is InChI=1S/C18H14ClN3/c19-13-3-5-17-15(8-13)16-9-14(4-6-18(16)22-17)21-11-12-2-1-7-20-10-12/h1-10,21-22H,11H2. The molecule has 0 aliphatic heterocycles. The monoisotopic (exact) mass is 307 g/mol. The van der Waals surface area contributed by atoms with Gasteiger partial charge in [-0.3, -0.25) is 4.98 Å². The number of anilines is 1. The number of H-pyrrole nitrogens is 1. The summed E-state index contributed by atoms with van der Waals surface area (Å²) >= 11 is 6.12. The van der Waals surface area contributed by atoms with Gasteiger partial charge < -0.3 is 10.3 Å². The highest BCUT2D eigenvalue weighted by atomic mass is 35.5. The van der Waals surface area contributed by atoms with E-state index in [1.807, 2.05) is 30.5 Å². The molecule has 2 aromatic carbocycles. The number of aromatic amines is 1. The first-order valence-corrected chi connectivity index (χ1v) is 7.51. The number of rotatable bonds is 3. The molecule has 0 bridgehead atoms. The summed E-state index contributed by atoms with van der Waals surface area (Å²) in [5.41, 5.74) is 4.45. The molecule has 0 spiro atoms. The van der Waals surface area contributed by atoms with Gasteiger partial charge >= 0.3 is 0 Å². The maximum absolute atomic E-state index is 6.12. The minimum absolute atomic E-state index is 0.752. The largest absolute Gasteiger partial charge is 0.381 e. The van der Waals surface area contributed by atoms with Crippen molar-refractivity contribution >= 4 is 39.1 Å². The van der Waals surface area contributed by atoms with Crippen LogP contribution in [0.5, 0.6) is 0 Å². The molecule has 0 aliphatic carbocycles. The van der Waals surface area contributed by atoms with E-state index in [0.717, 1.165) is 39.2 Å². The fourth-order valence-electron chi connectivity index (χ4n) is 2.69. The zero-order valence-corrected chi connectivity index (χ0v) is 12.6. The van der Waals surface area contributed by atoms with Crippen molar-refractivity contribution in [2.75, 3.05) is 5.32 Å². The number of hydrogen-bond donors (Lipinski definition) is 2. The number of hydrogen-bond acceptors (Lipinski definition) is 2. The minimum atomic E-state index is 0.752. The Labute approximate surface area is 132 Å². The summed E-state index contributed by atoms with van der Waals surface area (Å²) in [5.74, 6) is 0. The Hall–Kier alpha value is -2.52. The van der Waals surface area contributed by atoms with Gasteiger partial charge in [-0.25, -0.2) is 0 Å². The molecule has 0 atom stereocenters. The molecule has 2 aromatic heterocycles. The van der Waals surface area contributed by atoms with E-state index in [2.05, 4.69) is 39.6 Å². The van der Waals surface area contributed by atoms with Crippen LogP contribution >= 0.6 is 11.6 Å². The summed E-state index contributed by atoms with van der Waals surface area (Å²) < 4.78 is 0. The lowest BCUT2D eigenvalue weighted by Crippen LogP contribution is -1.99. The molecule has 4 heteroatoms. The molecule has 3 nitrogen and oxygen atoms in total. The molecule has 0 unspecified atom stereocenters. The Morgan fingerprint density at radius 1 is 1.00 bits per heavy atom. The van der Waals surface area contributed by atoms with E-state index in [9.17, 15) is 0 Å². The molecular weight excluding hydrogens is 294 g/mol. The van der Waals surface area contributed by atoms with Crippen LogP contribution in [-0.4, -0.2) is 9.97 Å². The van der Waals surface area contributed by atoms with Gasteiger partial charge in [0.1, 0.15) is 0 Å². The van der Waals surface area contributed by atoms with E-state index >= 15 is 0 Å². The number of halogens is 1. The molecule has 0 fully saturated rings. The van der Waals surface area contributed by atoms with Crippen molar-refractivity contribution < 1.29 is 0 Å². The van der Waals surface area contributed by atoms with Gasteiger partial charge in [-0.15, -0.1) is 0 Å². The highest BCUT2D eigenvalue weighted by Crippen LogP contribution is 2.29. The second kappa shape index (κ2) is 5.35. The summed E-state index contributed by atoms with van der Waals surface area (Å²) in [7, 11) is 0. The molecule has 4 rings (SSSR count). The van der Waals surface area contributed by atoms with Crippen LogP contribution in [-0.2, 0) is 6.54 Å². The number of nitrogens with one attached hydrogen (secondary N) is 2. The van der Waals surface area contributed by atoms with Crippen LogP contribution in [0, 0.1) is 0 Å². The third-order valence-corrected chi connectivity index (χ3v) is 4.02. The van der Waals surface area contributed by atoms with Crippen molar-refractivity contribution in [2.24, 2.45) is 0 Å². The molecule has 22 heavy (non-hydrogen) atoms. The second-order valence-corrected chi connectivity index (χ2v) is 5.73. The average Bonchev–Trinajstić information content (AvgIpc) is 2.91. The van der Waals surface area contributed by atoms with Crippen molar-refractivity contribution in [1.82, 2.24) is 9.97 Å². The Morgan fingerprint density at radius 3 is 2.64 bits per heavy atom. The highest BCUT2D eigenvalue weighted by molar-refractivity contribution is 6.31. The fourth-order valence-corrected chi connectivity index (χ4v) is 2.86. The fraction of sp³-hybridized carbons (Fsp3) is 0.0556. The third-order valence-electron chi connectivity index (χ3n) is 3.78. The summed E-state index contributed by atoms with van der Waals surface area (Å²) in [6.07, 6.45) is 3.65. The number of nitrogens with zero attached hydrogens (tertiary/aromatic N) is 1. The minimum Gasteiger partial charge on any atom is -0.381 e. The Balaban J connectivity index is 1.70. The van der Waals surface area contributed by atoms with Crippen molar-refractivity contribution in [1.29, 1.82) is 0 Å². The first-order chi connectivity index (χ1) is 10.8. The smallest absolute Gasteiger partial charge is 0.0466 e. The molecule has 4 aromatic rings. The molecule has 0 radical (unpaired) electrons. The van der Waals surface area contributed by atoms with Crippen molar-refractivity contribution in [3.63, 3.8) is 0 Å². The van der Waals surface area contributed by atoms with E-state index in [4.69, 9.17) is 11.6 Å². The first kappa shape index (κ1) is 13.2. The Kier molecular flexibility index (Phi) is 3.20. The number of aromatic nitrogens is 2. The molecule has 0 amide bonds. The lowest BCUT2D eigenvalue weighted by Gasteiger charge is -2.06. The zero-order valence-electron chi connectivity index (χ0n) is 11.8. The van der Waals surface area contributed by atoms with Gasteiger partial charge in [0.15, 0.2) is 0 Å². The summed E-state index contributed by atoms with van der Waals surface area (Å²) in [4.78, 5) is 7.54. The van der Waals surface area contributed by atoms with Gasteiger partial charge in [0.25, 0.3) is 0 Å². The number of pyridine rings is 1. The second-order valence-electron chi connectivity index (χ2n) is 5.29. The number of benzene rings is 2. The topological polar surface area (TPSA) is 40.7 Å². The highest BCUT2D eigenvalue weighted by Gasteiger charge is 2.05. The van der Waals surface area contributed by atoms with Gasteiger partial charge in [-0.1, -0.05) is 17.7 Å². The molecule has 0 saturated carbocycles. The van der Waals surface area contributed by atoms with Crippen LogP contribution in [0.2, 0.25) is 5.02 Å². The van der Waals surface area contributed by atoms with Crippen LogP contribution in [0.3, 0.4) is 0 Å². The van der Waals surface area contributed by atoms with Crippen molar-refractivity contribution in [2.45, 2.75) is 6.54 Å². The SMILES string of the molecule is Clc1ccc2[nH]c3ccc(NCc4cccnc4)cc3c2c1. The van der Waals surface area contributed by atoms with E-state index in [1.165, 1.54) is 5.39 Å². The van der Waals surface area contributed by atoms with E-state index in [-0.39, 0.29) is 0 Å².